The SMILES string of the molecule is CCCCC(=Nc1ccc(CC)c(CC)c1)C(CC)=Nc1ccc(CC)c(CC)c1. The van der Waals surface area contributed by atoms with E-state index in [1.807, 2.05) is 0 Å². The molecule has 30 heavy (non-hydrogen) atoms. The zero-order valence-electron chi connectivity index (χ0n) is 20.0. The highest BCUT2D eigenvalue weighted by atomic mass is 14.8. The molecule has 0 spiro atoms. The zero-order chi connectivity index (χ0) is 21.9. The number of hydrogen-bond donors (Lipinski definition) is 0. The van der Waals surface area contributed by atoms with Gasteiger partial charge in [-0.25, -0.2) is 0 Å². The van der Waals surface area contributed by atoms with Gasteiger partial charge in [-0.15, -0.1) is 0 Å². The lowest BCUT2D eigenvalue weighted by atomic mass is 10.0. The molecule has 0 unspecified atom stereocenters. The fraction of sp³-hybridized carbons (Fsp3) is 0.500. The van der Waals surface area contributed by atoms with Gasteiger partial charge in [-0.2, -0.15) is 0 Å². The van der Waals surface area contributed by atoms with E-state index >= 15 is 0 Å². The van der Waals surface area contributed by atoms with Crippen molar-refractivity contribution in [3.8, 4) is 0 Å². The second kappa shape index (κ2) is 12.5. The van der Waals surface area contributed by atoms with E-state index in [1.165, 1.54) is 22.3 Å². The van der Waals surface area contributed by atoms with Crippen LogP contribution in [0.25, 0.3) is 0 Å². The Bertz CT molecular complexity index is 874. The van der Waals surface area contributed by atoms with Crippen LogP contribution in [-0.2, 0) is 25.7 Å². The van der Waals surface area contributed by atoms with Crippen LogP contribution < -0.4 is 0 Å². The van der Waals surface area contributed by atoms with Gasteiger partial charge in [0.2, 0.25) is 0 Å². The van der Waals surface area contributed by atoms with Gasteiger partial charge in [0.15, 0.2) is 0 Å². The molecule has 0 saturated carbocycles. The zero-order valence-corrected chi connectivity index (χ0v) is 20.0. The molecular weight excluding hydrogens is 364 g/mol. The van der Waals surface area contributed by atoms with E-state index in [2.05, 4.69) is 77.9 Å². The number of aliphatic imine (C=N–C) groups is 2. The molecule has 2 aromatic rings. The first-order valence-electron chi connectivity index (χ1n) is 12.0. The molecular formula is C28H40N2. The maximum Gasteiger partial charge on any atom is 0.0636 e. The van der Waals surface area contributed by atoms with Crippen molar-refractivity contribution in [1.82, 2.24) is 0 Å². The van der Waals surface area contributed by atoms with E-state index in [1.54, 1.807) is 0 Å². The second-order valence-electron chi connectivity index (χ2n) is 7.89. The number of aryl methyl sites for hydroxylation is 4. The summed E-state index contributed by atoms with van der Waals surface area (Å²) in [6.45, 7) is 13.3. The first-order valence-corrected chi connectivity index (χ1v) is 12.0. The smallest absolute Gasteiger partial charge is 0.0636 e. The standard InChI is InChI=1S/C28H40N2/c1-7-13-14-28(30-26-18-16-22(9-3)24(11-5)20-26)27(12-6)29-25-17-15-21(8-2)23(10-4)19-25/h15-20H,7-14H2,1-6H3. The van der Waals surface area contributed by atoms with Gasteiger partial charge in [0, 0.05) is 0 Å². The van der Waals surface area contributed by atoms with Crippen LogP contribution in [-0.4, -0.2) is 11.4 Å². The van der Waals surface area contributed by atoms with Gasteiger partial charge in [-0.05, 0) is 91.5 Å². The molecule has 0 aromatic heterocycles. The molecule has 0 amide bonds. The molecule has 0 radical (unpaired) electrons. The summed E-state index contributed by atoms with van der Waals surface area (Å²) in [5.41, 5.74) is 10.1. The molecule has 0 aliphatic rings. The van der Waals surface area contributed by atoms with Crippen LogP contribution in [0.2, 0.25) is 0 Å². The summed E-state index contributed by atoms with van der Waals surface area (Å²) in [7, 11) is 0. The maximum atomic E-state index is 5.11. The molecule has 0 bridgehead atoms. The van der Waals surface area contributed by atoms with Gasteiger partial charge in [-0.3, -0.25) is 9.98 Å². The molecule has 2 nitrogen and oxygen atoms in total. The first kappa shape index (κ1) is 24.1. The fourth-order valence-corrected chi connectivity index (χ4v) is 3.98. The Morgan fingerprint density at radius 2 is 1.07 bits per heavy atom. The Hall–Kier alpha value is -2.22. The summed E-state index contributed by atoms with van der Waals surface area (Å²) in [6.07, 6.45) is 8.43. The van der Waals surface area contributed by atoms with Gasteiger partial charge in [0.25, 0.3) is 0 Å². The highest BCUT2D eigenvalue weighted by Crippen LogP contribution is 2.23. The van der Waals surface area contributed by atoms with Crippen LogP contribution in [0.15, 0.2) is 46.4 Å². The Balaban J connectivity index is 2.47. The number of hydrogen-bond acceptors (Lipinski definition) is 2. The second-order valence-corrected chi connectivity index (χ2v) is 7.89. The summed E-state index contributed by atoms with van der Waals surface area (Å²) in [6, 6.07) is 13.3. The summed E-state index contributed by atoms with van der Waals surface area (Å²) in [4.78, 5) is 10.2. The number of rotatable bonds is 11. The first-order chi connectivity index (χ1) is 14.6. The number of benzene rings is 2. The number of unbranched alkanes of at least 4 members (excludes halogenated alkanes) is 1. The molecule has 0 aliphatic carbocycles. The Kier molecular flexibility index (Phi) is 10.00. The predicted molar refractivity (Wildman–Crippen MR) is 134 cm³/mol. The van der Waals surface area contributed by atoms with Crippen LogP contribution in [0, 0.1) is 0 Å². The molecule has 2 heteroatoms. The maximum absolute atomic E-state index is 5.11. The van der Waals surface area contributed by atoms with E-state index in [9.17, 15) is 0 Å². The van der Waals surface area contributed by atoms with Crippen molar-refractivity contribution < 1.29 is 0 Å². The third-order valence-electron chi connectivity index (χ3n) is 5.87. The predicted octanol–water partition coefficient (Wildman–Crippen LogP) is 8.38. The van der Waals surface area contributed by atoms with Gasteiger partial charge in [-0.1, -0.05) is 60.1 Å². The monoisotopic (exact) mass is 404 g/mol. The molecule has 0 heterocycles. The molecule has 2 aromatic carbocycles. The summed E-state index contributed by atoms with van der Waals surface area (Å²) in [5, 5.41) is 0. The van der Waals surface area contributed by atoms with Crippen LogP contribution in [0.1, 0.15) is 89.5 Å². The van der Waals surface area contributed by atoms with Crippen molar-refractivity contribution in [3.63, 3.8) is 0 Å². The quantitative estimate of drug-likeness (QED) is 0.336. The van der Waals surface area contributed by atoms with E-state index < -0.39 is 0 Å². The number of nitrogens with zero attached hydrogens (tertiary/aromatic N) is 2. The minimum Gasteiger partial charge on any atom is -0.252 e. The van der Waals surface area contributed by atoms with Gasteiger partial charge in [0.1, 0.15) is 0 Å². The van der Waals surface area contributed by atoms with Crippen LogP contribution in [0.3, 0.4) is 0 Å². The molecule has 2 rings (SSSR count). The van der Waals surface area contributed by atoms with Crippen molar-refractivity contribution in [2.45, 2.75) is 92.9 Å². The molecule has 0 fully saturated rings. The van der Waals surface area contributed by atoms with E-state index in [4.69, 9.17) is 9.98 Å². The van der Waals surface area contributed by atoms with Crippen LogP contribution >= 0.6 is 0 Å². The van der Waals surface area contributed by atoms with Gasteiger partial charge < -0.3 is 0 Å². The largest absolute Gasteiger partial charge is 0.252 e. The lowest BCUT2D eigenvalue weighted by Crippen LogP contribution is -2.13. The average Bonchev–Trinajstić information content (AvgIpc) is 2.79. The summed E-state index contributed by atoms with van der Waals surface area (Å²) < 4.78 is 0. The Morgan fingerprint density at radius 1 is 0.600 bits per heavy atom. The van der Waals surface area contributed by atoms with E-state index in [0.717, 1.165) is 74.2 Å². The Morgan fingerprint density at radius 3 is 1.47 bits per heavy atom. The van der Waals surface area contributed by atoms with Crippen molar-refractivity contribution in [1.29, 1.82) is 0 Å². The highest BCUT2D eigenvalue weighted by Gasteiger charge is 2.10. The van der Waals surface area contributed by atoms with Crippen LogP contribution in [0.4, 0.5) is 11.4 Å². The average molecular weight is 405 g/mol. The fourth-order valence-electron chi connectivity index (χ4n) is 3.98. The lowest BCUT2D eigenvalue weighted by Gasteiger charge is -2.12. The molecule has 0 atom stereocenters. The van der Waals surface area contributed by atoms with Gasteiger partial charge >= 0.3 is 0 Å². The third kappa shape index (κ3) is 6.39. The van der Waals surface area contributed by atoms with Gasteiger partial charge in [0.05, 0.1) is 22.8 Å². The molecule has 162 valence electrons. The highest BCUT2D eigenvalue weighted by molar-refractivity contribution is 6.43. The molecule has 0 aliphatic heterocycles. The minimum absolute atomic E-state index is 0.896. The summed E-state index contributed by atoms with van der Waals surface area (Å²) in [5.74, 6) is 0. The van der Waals surface area contributed by atoms with E-state index in [0.29, 0.717) is 0 Å². The van der Waals surface area contributed by atoms with Crippen molar-refractivity contribution in [2.75, 3.05) is 0 Å². The van der Waals surface area contributed by atoms with Crippen molar-refractivity contribution in [2.24, 2.45) is 9.98 Å². The van der Waals surface area contributed by atoms with Crippen LogP contribution in [0.5, 0.6) is 0 Å². The Labute approximate surface area is 184 Å². The molecule has 0 saturated heterocycles. The van der Waals surface area contributed by atoms with E-state index in [-0.39, 0.29) is 0 Å². The topological polar surface area (TPSA) is 24.7 Å². The summed E-state index contributed by atoms with van der Waals surface area (Å²) >= 11 is 0. The third-order valence-corrected chi connectivity index (χ3v) is 5.87. The normalized spacial score (nSPS) is 12.5. The van der Waals surface area contributed by atoms with Crippen molar-refractivity contribution >= 4 is 22.8 Å². The molecule has 0 N–H and O–H groups in total. The lowest BCUT2D eigenvalue weighted by molar-refractivity contribution is 0.837. The van der Waals surface area contributed by atoms with Crippen molar-refractivity contribution in [3.05, 3.63) is 58.7 Å². The minimum atomic E-state index is 0.896.